The molecule has 0 aromatic carbocycles. The Labute approximate surface area is 166 Å². The Morgan fingerprint density at radius 2 is 1.97 bits per heavy atom. The number of fused-ring (bicyclic) bond motifs is 1. The van der Waals surface area contributed by atoms with Crippen molar-refractivity contribution in [3.8, 4) is 11.4 Å². The summed E-state index contributed by atoms with van der Waals surface area (Å²) >= 11 is 0. The van der Waals surface area contributed by atoms with Gasteiger partial charge in [-0.2, -0.15) is 0 Å². The van der Waals surface area contributed by atoms with E-state index in [0.29, 0.717) is 30.9 Å². The van der Waals surface area contributed by atoms with Crippen LogP contribution >= 0.6 is 0 Å². The number of nitrogens with zero attached hydrogens (tertiary/aromatic N) is 4. The van der Waals surface area contributed by atoms with Gasteiger partial charge in [0.2, 0.25) is 0 Å². The number of hydrogen-bond acceptors (Lipinski definition) is 5. The van der Waals surface area contributed by atoms with E-state index in [1.807, 2.05) is 20.8 Å². The molecule has 0 saturated carbocycles. The van der Waals surface area contributed by atoms with Crippen molar-refractivity contribution in [1.82, 2.24) is 24.7 Å². The first-order chi connectivity index (χ1) is 13.7. The standard InChI is InChI=1S/C20H23F3N6/c1-20(2,3)16-10-29-15(8-26-17(29)9-25-16)18-12(22)6-13(23)19(28-18)27-14-7-24-5-4-11(14)21/h6,8-11,14,24H,4-5,7H2,1-3H3,(H,27,28)/t11-,14-/m0/s1. The number of hydrogen-bond donors (Lipinski definition) is 2. The highest BCUT2D eigenvalue weighted by Gasteiger charge is 2.27. The van der Waals surface area contributed by atoms with Crippen molar-refractivity contribution >= 4 is 11.5 Å². The highest BCUT2D eigenvalue weighted by atomic mass is 19.1. The van der Waals surface area contributed by atoms with E-state index in [1.54, 1.807) is 16.8 Å². The molecule has 3 aromatic rings. The second-order valence-corrected chi connectivity index (χ2v) is 8.30. The third kappa shape index (κ3) is 3.78. The molecule has 154 valence electrons. The zero-order valence-electron chi connectivity index (χ0n) is 16.5. The molecule has 29 heavy (non-hydrogen) atoms. The molecule has 0 unspecified atom stereocenters. The third-order valence-corrected chi connectivity index (χ3v) is 5.06. The van der Waals surface area contributed by atoms with Gasteiger partial charge in [0.1, 0.15) is 11.9 Å². The number of halogens is 3. The molecule has 6 nitrogen and oxygen atoms in total. The van der Waals surface area contributed by atoms with Crippen molar-refractivity contribution < 1.29 is 13.2 Å². The molecule has 1 aliphatic rings. The minimum atomic E-state index is -1.14. The van der Waals surface area contributed by atoms with Gasteiger partial charge in [0, 0.05) is 24.2 Å². The maximum Gasteiger partial charge on any atom is 0.168 e. The van der Waals surface area contributed by atoms with Gasteiger partial charge in [0.15, 0.2) is 23.1 Å². The second kappa shape index (κ2) is 7.29. The first-order valence-corrected chi connectivity index (χ1v) is 9.55. The molecule has 0 bridgehead atoms. The fourth-order valence-electron chi connectivity index (χ4n) is 3.34. The van der Waals surface area contributed by atoms with E-state index in [9.17, 15) is 13.2 Å². The molecular weight excluding hydrogens is 381 g/mol. The van der Waals surface area contributed by atoms with E-state index in [2.05, 4.69) is 25.6 Å². The summed E-state index contributed by atoms with van der Waals surface area (Å²) in [4.78, 5) is 12.8. The molecule has 0 radical (unpaired) electrons. The molecule has 0 aliphatic carbocycles. The normalized spacial score (nSPS) is 20.2. The average molecular weight is 404 g/mol. The Hall–Kier alpha value is -2.68. The number of aromatic nitrogens is 4. The van der Waals surface area contributed by atoms with Crippen molar-refractivity contribution in [2.24, 2.45) is 0 Å². The van der Waals surface area contributed by atoms with Crippen LogP contribution in [0.25, 0.3) is 17.0 Å². The lowest BCUT2D eigenvalue weighted by Gasteiger charge is -2.28. The smallest absolute Gasteiger partial charge is 0.168 e. The lowest BCUT2D eigenvalue weighted by atomic mass is 9.93. The van der Waals surface area contributed by atoms with E-state index in [4.69, 9.17) is 0 Å². The fourth-order valence-corrected chi connectivity index (χ4v) is 3.34. The van der Waals surface area contributed by atoms with Crippen LogP contribution in [0, 0.1) is 11.6 Å². The Bertz CT molecular complexity index is 1040. The van der Waals surface area contributed by atoms with Crippen LogP contribution in [0.1, 0.15) is 32.9 Å². The summed E-state index contributed by atoms with van der Waals surface area (Å²) in [6.07, 6.45) is 4.03. The molecular formula is C20H23F3N6. The van der Waals surface area contributed by atoms with Crippen LogP contribution in [-0.4, -0.2) is 44.7 Å². The second-order valence-electron chi connectivity index (χ2n) is 8.30. The van der Waals surface area contributed by atoms with E-state index in [1.165, 1.54) is 6.20 Å². The summed E-state index contributed by atoms with van der Waals surface area (Å²) in [5, 5.41) is 5.84. The molecule has 1 fully saturated rings. The minimum absolute atomic E-state index is 0.0633. The van der Waals surface area contributed by atoms with Gasteiger partial charge in [-0.1, -0.05) is 20.8 Å². The van der Waals surface area contributed by atoms with Gasteiger partial charge >= 0.3 is 0 Å². The van der Waals surface area contributed by atoms with Crippen LogP contribution < -0.4 is 10.6 Å². The van der Waals surface area contributed by atoms with Gasteiger partial charge in [-0.15, -0.1) is 0 Å². The molecule has 9 heteroatoms. The van der Waals surface area contributed by atoms with Gasteiger partial charge < -0.3 is 10.6 Å². The molecule has 2 N–H and O–H groups in total. The molecule has 2 atom stereocenters. The first-order valence-electron chi connectivity index (χ1n) is 9.55. The molecule has 4 heterocycles. The molecule has 0 spiro atoms. The first kappa shape index (κ1) is 19.6. The van der Waals surface area contributed by atoms with E-state index in [0.717, 1.165) is 11.8 Å². The summed E-state index contributed by atoms with van der Waals surface area (Å²) in [7, 11) is 0. The number of rotatable bonds is 3. The average Bonchev–Trinajstić information content (AvgIpc) is 3.08. The Balaban J connectivity index is 1.77. The third-order valence-electron chi connectivity index (χ3n) is 5.06. The Morgan fingerprint density at radius 3 is 2.69 bits per heavy atom. The molecule has 3 aromatic heterocycles. The molecule has 4 rings (SSSR count). The van der Waals surface area contributed by atoms with Crippen molar-refractivity contribution in [2.45, 2.75) is 44.8 Å². The zero-order chi connectivity index (χ0) is 20.8. The van der Waals surface area contributed by atoms with Crippen molar-refractivity contribution in [3.63, 3.8) is 0 Å². The predicted molar refractivity (Wildman–Crippen MR) is 105 cm³/mol. The monoisotopic (exact) mass is 404 g/mol. The SMILES string of the molecule is CC(C)(C)c1cn2c(-c3nc(N[C@H]4CNCC[C@@H]4F)c(F)cc3F)cnc2cn1. The Kier molecular flexibility index (Phi) is 4.94. The quantitative estimate of drug-likeness (QED) is 0.700. The van der Waals surface area contributed by atoms with Crippen molar-refractivity contribution in [1.29, 1.82) is 0 Å². The zero-order valence-corrected chi connectivity index (χ0v) is 16.5. The molecule has 0 amide bonds. The van der Waals surface area contributed by atoms with Crippen LogP contribution in [0.2, 0.25) is 0 Å². The fraction of sp³-hybridized carbons (Fsp3) is 0.450. The van der Waals surface area contributed by atoms with Crippen LogP contribution in [-0.2, 0) is 5.41 Å². The number of nitrogens with one attached hydrogen (secondary N) is 2. The summed E-state index contributed by atoms with van der Waals surface area (Å²) in [5.74, 6) is -1.87. The van der Waals surface area contributed by atoms with E-state index >= 15 is 0 Å². The largest absolute Gasteiger partial charge is 0.361 e. The topological polar surface area (TPSA) is 67.1 Å². The summed E-state index contributed by atoms with van der Waals surface area (Å²) in [6.45, 7) is 6.95. The highest BCUT2D eigenvalue weighted by molar-refractivity contribution is 5.62. The number of piperidine rings is 1. The van der Waals surface area contributed by atoms with Gasteiger partial charge in [0.05, 0.1) is 29.8 Å². The number of anilines is 1. The summed E-state index contributed by atoms with van der Waals surface area (Å²) < 4.78 is 44.8. The minimum Gasteiger partial charge on any atom is -0.361 e. The summed E-state index contributed by atoms with van der Waals surface area (Å²) in [5.41, 5.74) is 1.40. The number of pyridine rings is 1. The van der Waals surface area contributed by atoms with E-state index in [-0.39, 0.29) is 16.9 Å². The van der Waals surface area contributed by atoms with Gasteiger partial charge in [-0.05, 0) is 13.0 Å². The predicted octanol–water partition coefficient (Wildman–Crippen LogP) is 3.48. The van der Waals surface area contributed by atoms with Crippen molar-refractivity contribution in [2.75, 3.05) is 18.4 Å². The van der Waals surface area contributed by atoms with Crippen LogP contribution in [0.4, 0.5) is 19.0 Å². The van der Waals surface area contributed by atoms with Crippen molar-refractivity contribution in [3.05, 3.63) is 42.0 Å². The molecule has 1 aliphatic heterocycles. The van der Waals surface area contributed by atoms with Crippen LogP contribution in [0.3, 0.4) is 0 Å². The van der Waals surface area contributed by atoms with Crippen LogP contribution in [0.5, 0.6) is 0 Å². The number of imidazole rings is 1. The number of alkyl halides is 1. The van der Waals surface area contributed by atoms with Gasteiger partial charge in [-0.3, -0.25) is 9.38 Å². The molecule has 1 saturated heterocycles. The van der Waals surface area contributed by atoms with Gasteiger partial charge in [-0.25, -0.2) is 23.1 Å². The maximum atomic E-state index is 14.6. The summed E-state index contributed by atoms with van der Waals surface area (Å²) in [6, 6.07) is 0.127. The van der Waals surface area contributed by atoms with Gasteiger partial charge in [0.25, 0.3) is 0 Å². The van der Waals surface area contributed by atoms with Crippen LogP contribution in [0.15, 0.2) is 24.7 Å². The Morgan fingerprint density at radius 1 is 1.17 bits per heavy atom. The van der Waals surface area contributed by atoms with E-state index < -0.39 is 23.8 Å². The lowest BCUT2D eigenvalue weighted by molar-refractivity contribution is 0.240. The highest BCUT2D eigenvalue weighted by Crippen LogP contribution is 2.28. The lowest BCUT2D eigenvalue weighted by Crippen LogP contribution is -2.46. The maximum absolute atomic E-state index is 14.6.